The number of amides is 2. The van der Waals surface area contributed by atoms with Crippen LogP contribution in [0.25, 0.3) is 11.3 Å². The van der Waals surface area contributed by atoms with Gasteiger partial charge in [0.1, 0.15) is 6.67 Å². The zero-order chi connectivity index (χ0) is 29.5. The SMILES string of the molecule is C[C@@H](CC1CC(NC(=O)c2cc(-c3ccc(CC#N)cc3)n(C(F)F)n2)C1)OC1=N/CN(C)/N=C\C/C=C\1C(N)=O. The topological polar surface area (TPSA) is 151 Å². The lowest BCUT2D eigenvalue weighted by molar-refractivity contribution is -0.114. The molecule has 0 spiro atoms. The fourth-order valence-electron chi connectivity index (χ4n) is 4.81. The monoisotopic (exact) mass is 566 g/mol. The van der Waals surface area contributed by atoms with E-state index in [1.54, 1.807) is 48.6 Å². The molecule has 2 aliphatic rings. The van der Waals surface area contributed by atoms with Crippen molar-refractivity contribution in [2.75, 3.05) is 13.7 Å². The van der Waals surface area contributed by atoms with Gasteiger partial charge in [0.15, 0.2) is 5.69 Å². The number of carbonyl (C=O) groups excluding carboxylic acids is 2. The molecule has 216 valence electrons. The molecule has 0 saturated heterocycles. The number of rotatable bonds is 9. The zero-order valence-corrected chi connectivity index (χ0v) is 22.8. The van der Waals surface area contributed by atoms with Crippen molar-refractivity contribution in [2.45, 2.75) is 57.7 Å². The molecule has 1 fully saturated rings. The van der Waals surface area contributed by atoms with Crippen LogP contribution < -0.4 is 11.1 Å². The van der Waals surface area contributed by atoms with Gasteiger partial charge in [-0.2, -0.15) is 24.2 Å². The van der Waals surface area contributed by atoms with Crippen molar-refractivity contribution in [2.24, 2.45) is 21.7 Å². The van der Waals surface area contributed by atoms with Crippen LogP contribution in [0.3, 0.4) is 0 Å². The second-order valence-electron chi connectivity index (χ2n) is 10.1. The van der Waals surface area contributed by atoms with Crippen LogP contribution >= 0.6 is 0 Å². The Kier molecular flexibility index (Phi) is 9.44. The molecule has 41 heavy (non-hydrogen) atoms. The summed E-state index contributed by atoms with van der Waals surface area (Å²) in [5.74, 6) is -0.729. The Morgan fingerprint density at radius 3 is 2.66 bits per heavy atom. The Morgan fingerprint density at radius 1 is 1.27 bits per heavy atom. The van der Waals surface area contributed by atoms with Gasteiger partial charge in [0, 0.05) is 31.3 Å². The Balaban J connectivity index is 1.32. The smallest absolute Gasteiger partial charge is 0.333 e. The molecule has 1 aliphatic carbocycles. The zero-order valence-electron chi connectivity index (χ0n) is 22.8. The summed E-state index contributed by atoms with van der Waals surface area (Å²) in [5, 5.41) is 21.3. The lowest BCUT2D eigenvalue weighted by Crippen LogP contribution is -2.45. The predicted octanol–water partition coefficient (Wildman–Crippen LogP) is 3.40. The van der Waals surface area contributed by atoms with Crippen molar-refractivity contribution in [3.63, 3.8) is 0 Å². The third kappa shape index (κ3) is 7.53. The normalized spacial score (nSPS) is 22.9. The highest BCUT2D eigenvalue weighted by Gasteiger charge is 2.33. The summed E-state index contributed by atoms with van der Waals surface area (Å²) in [6, 6.07) is 9.88. The average Bonchev–Trinajstić information content (AvgIpc) is 3.39. The van der Waals surface area contributed by atoms with Gasteiger partial charge in [-0.1, -0.05) is 30.3 Å². The van der Waals surface area contributed by atoms with Gasteiger partial charge in [-0.15, -0.1) is 0 Å². The van der Waals surface area contributed by atoms with E-state index in [0.29, 0.717) is 35.9 Å². The summed E-state index contributed by atoms with van der Waals surface area (Å²) in [5.41, 5.74) is 6.99. The van der Waals surface area contributed by atoms with Gasteiger partial charge in [0.2, 0.25) is 5.90 Å². The summed E-state index contributed by atoms with van der Waals surface area (Å²) in [7, 11) is 1.76. The summed E-state index contributed by atoms with van der Waals surface area (Å²) >= 11 is 0. The molecule has 1 atom stereocenters. The second-order valence-corrected chi connectivity index (χ2v) is 10.1. The van der Waals surface area contributed by atoms with Gasteiger partial charge in [-0.3, -0.25) is 14.6 Å². The number of hydrazone groups is 1. The maximum absolute atomic E-state index is 13.7. The van der Waals surface area contributed by atoms with E-state index in [0.717, 1.165) is 5.56 Å². The van der Waals surface area contributed by atoms with Crippen LogP contribution in [0.15, 0.2) is 52.1 Å². The molecule has 11 nitrogen and oxygen atoms in total. The van der Waals surface area contributed by atoms with Crippen molar-refractivity contribution in [1.29, 1.82) is 5.26 Å². The first-order chi connectivity index (χ1) is 19.6. The Bertz CT molecular complexity index is 1390. The molecule has 2 amide bonds. The maximum Gasteiger partial charge on any atom is 0.333 e. The molecule has 4 rings (SSSR count). The van der Waals surface area contributed by atoms with Crippen LogP contribution in [0.1, 0.15) is 55.2 Å². The molecule has 13 heteroatoms. The number of carbonyl (C=O) groups is 2. The first kappa shape index (κ1) is 29.4. The number of ether oxygens (including phenoxy) is 1. The summed E-state index contributed by atoms with van der Waals surface area (Å²) in [6.07, 6.45) is 5.67. The van der Waals surface area contributed by atoms with Gasteiger partial charge >= 0.3 is 6.55 Å². The molecule has 1 aliphatic heterocycles. The van der Waals surface area contributed by atoms with Crippen molar-refractivity contribution >= 4 is 23.9 Å². The van der Waals surface area contributed by atoms with E-state index >= 15 is 0 Å². The first-order valence-electron chi connectivity index (χ1n) is 13.2. The largest absolute Gasteiger partial charge is 0.474 e. The Morgan fingerprint density at radius 2 is 2.00 bits per heavy atom. The van der Waals surface area contributed by atoms with Gasteiger partial charge in [0.05, 0.1) is 29.9 Å². The Labute approximate surface area is 236 Å². The molecule has 1 aromatic carbocycles. The van der Waals surface area contributed by atoms with Crippen molar-refractivity contribution in [1.82, 2.24) is 20.1 Å². The molecule has 2 heterocycles. The number of nitriles is 1. The summed E-state index contributed by atoms with van der Waals surface area (Å²) in [4.78, 5) is 29.2. The van der Waals surface area contributed by atoms with E-state index in [1.165, 1.54) is 6.07 Å². The number of halogens is 2. The highest BCUT2D eigenvalue weighted by Crippen LogP contribution is 2.33. The van der Waals surface area contributed by atoms with E-state index < -0.39 is 18.4 Å². The average molecular weight is 567 g/mol. The molecule has 0 unspecified atom stereocenters. The molecule has 2 aromatic rings. The van der Waals surface area contributed by atoms with Crippen molar-refractivity contribution in [3.05, 3.63) is 53.2 Å². The van der Waals surface area contributed by atoms with E-state index in [4.69, 9.17) is 15.7 Å². The number of hydrogen-bond acceptors (Lipinski definition) is 8. The number of aromatic nitrogens is 2. The number of aliphatic imine (C=N–C) groups is 1. The number of hydrogen-bond donors (Lipinski definition) is 2. The number of nitrogens with two attached hydrogens (primary N) is 1. The standard InChI is InChI=1S/C28H32F2N8O3/c1-17(41-27-22(25(32)39)4-3-11-34-37(2)16-33-27)12-19-13-21(14-19)35-26(40)23-15-24(38(36-23)28(29)30)20-7-5-18(6-8-20)9-10-31/h4-8,11,15,17,19,21,28H,3,9,12-14,16H2,1-2H3,(H2,32,39)(H,35,40)/b22-4-,33-27+,34-11-/t17-,19?,21?/m0/s1. The number of primary amides is 1. The third-order valence-corrected chi connectivity index (χ3v) is 6.86. The number of benzene rings is 1. The number of allylic oxidation sites excluding steroid dienone is 1. The molecular weight excluding hydrogens is 534 g/mol. The van der Waals surface area contributed by atoms with Crippen molar-refractivity contribution in [3.8, 4) is 17.3 Å². The van der Waals surface area contributed by atoms with Gasteiger partial charge < -0.3 is 15.8 Å². The maximum atomic E-state index is 13.7. The van der Waals surface area contributed by atoms with Gasteiger partial charge in [0.25, 0.3) is 11.8 Å². The molecule has 3 N–H and O–H groups in total. The lowest BCUT2D eigenvalue weighted by atomic mass is 9.77. The lowest BCUT2D eigenvalue weighted by Gasteiger charge is -2.37. The van der Waals surface area contributed by atoms with E-state index in [2.05, 4.69) is 20.5 Å². The van der Waals surface area contributed by atoms with Crippen LogP contribution in [-0.2, 0) is 16.0 Å². The predicted molar refractivity (Wildman–Crippen MR) is 148 cm³/mol. The number of alkyl halides is 2. The molecule has 0 radical (unpaired) electrons. The highest BCUT2D eigenvalue weighted by molar-refractivity contribution is 6.18. The fraction of sp³-hybridized carbons (Fsp3) is 0.429. The van der Waals surface area contributed by atoms with Gasteiger partial charge in [-0.25, -0.2) is 9.67 Å². The molecule has 1 saturated carbocycles. The van der Waals surface area contributed by atoms with Crippen LogP contribution in [0, 0.1) is 17.2 Å². The van der Waals surface area contributed by atoms with Crippen molar-refractivity contribution < 1.29 is 23.1 Å². The van der Waals surface area contributed by atoms with Gasteiger partial charge in [-0.05, 0) is 43.7 Å². The number of nitrogens with one attached hydrogen (secondary N) is 1. The fourth-order valence-corrected chi connectivity index (χ4v) is 4.81. The molecular formula is C28H32F2N8O3. The van der Waals surface area contributed by atoms with Crippen LogP contribution in [0.2, 0.25) is 0 Å². The van der Waals surface area contributed by atoms with Crippen LogP contribution in [0.4, 0.5) is 8.78 Å². The van der Waals surface area contributed by atoms with E-state index in [1.807, 2.05) is 13.0 Å². The minimum Gasteiger partial charge on any atom is -0.474 e. The third-order valence-electron chi connectivity index (χ3n) is 6.86. The molecule has 1 aromatic heterocycles. The first-order valence-corrected chi connectivity index (χ1v) is 13.2. The minimum atomic E-state index is -2.93. The quantitative estimate of drug-likeness (QED) is 0.475. The van der Waals surface area contributed by atoms with E-state index in [-0.39, 0.29) is 54.0 Å². The summed E-state index contributed by atoms with van der Waals surface area (Å²) < 4.78 is 33.9. The highest BCUT2D eigenvalue weighted by atomic mass is 19.3. The van der Waals surface area contributed by atoms with Crippen LogP contribution in [-0.4, -0.2) is 64.6 Å². The van der Waals surface area contributed by atoms with Crippen LogP contribution in [0.5, 0.6) is 0 Å². The molecule has 0 bridgehead atoms. The Hall–Kier alpha value is -4.60. The number of nitrogens with zero attached hydrogens (tertiary/aromatic N) is 6. The second kappa shape index (κ2) is 13.2. The van der Waals surface area contributed by atoms with E-state index in [9.17, 15) is 18.4 Å². The minimum absolute atomic E-state index is 0.0977. The summed E-state index contributed by atoms with van der Waals surface area (Å²) in [6.45, 7) is -0.841.